The summed E-state index contributed by atoms with van der Waals surface area (Å²) >= 11 is 0. The monoisotopic (exact) mass is 160 g/mol. The van der Waals surface area contributed by atoms with Crippen molar-refractivity contribution in [2.24, 2.45) is 0 Å². The second kappa shape index (κ2) is 5.56. The van der Waals surface area contributed by atoms with Gasteiger partial charge < -0.3 is 0 Å². The Hall–Kier alpha value is -1.08. The molecule has 0 N–H and O–H groups in total. The fourth-order valence-corrected chi connectivity index (χ4v) is 1.04. The molecule has 0 bridgehead atoms. The van der Waals surface area contributed by atoms with Gasteiger partial charge in [-0.05, 0) is 12.0 Å². The molecule has 0 aromatic heterocycles. The number of nitrogens with zero attached hydrogens (tertiary/aromatic N) is 1. The topological polar surface area (TPSA) is 14.1 Å². The maximum absolute atomic E-state index is 4.27. The number of hydrogen-bond donors (Lipinski definition) is 0. The molecule has 63 valence electrons. The molecule has 0 unspecified atom stereocenters. The first-order valence-corrected chi connectivity index (χ1v) is 4.21. The van der Waals surface area contributed by atoms with Crippen LogP contribution < -0.4 is 5.32 Å². The van der Waals surface area contributed by atoms with Crippen molar-refractivity contribution in [2.45, 2.75) is 6.42 Å². The van der Waals surface area contributed by atoms with Crippen molar-refractivity contribution in [1.82, 2.24) is 5.32 Å². The van der Waals surface area contributed by atoms with E-state index in [2.05, 4.69) is 36.2 Å². The van der Waals surface area contributed by atoms with Gasteiger partial charge in [0.1, 0.15) is 0 Å². The standard InChI is InChI=1S/C11H14N/c1-2-9-12-10-8-11-6-4-3-5-7-11/h2-7H,1,8-10H2. The Bertz CT molecular complexity index is 216. The smallest absolute Gasteiger partial charge is 0.0311 e. The van der Waals surface area contributed by atoms with Crippen LogP contribution in [0.4, 0.5) is 0 Å². The molecule has 1 heteroatoms. The van der Waals surface area contributed by atoms with Crippen LogP contribution in [0.3, 0.4) is 0 Å². The fourth-order valence-electron chi connectivity index (χ4n) is 1.04. The second-order valence-electron chi connectivity index (χ2n) is 2.65. The summed E-state index contributed by atoms with van der Waals surface area (Å²) in [6.07, 6.45) is 2.86. The summed E-state index contributed by atoms with van der Waals surface area (Å²) in [7, 11) is 0. The number of hydrogen-bond acceptors (Lipinski definition) is 0. The minimum Gasteiger partial charge on any atom is -0.237 e. The largest absolute Gasteiger partial charge is 0.237 e. The zero-order valence-electron chi connectivity index (χ0n) is 7.24. The van der Waals surface area contributed by atoms with E-state index in [1.54, 1.807) is 0 Å². The van der Waals surface area contributed by atoms with E-state index < -0.39 is 0 Å². The van der Waals surface area contributed by atoms with Crippen LogP contribution in [0.15, 0.2) is 43.0 Å². The SMILES string of the molecule is C=CC[N]CCc1ccccc1. The summed E-state index contributed by atoms with van der Waals surface area (Å²) in [5, 5.41) is 4.27. The molecule has 0 aliphatic heterocycles. The third kappa shape index (κ3) is 3.35. The summed E-state index contributed by atoms with van der Waals surface area (Å²) < 4.78 is 0. The van der Waals surface area contributed by atoms with Crippen molar-refractivity contribution < 1.29 is 0 Å². The zero-order chi connectivity index (χ0) is 8.65. The van der Waals surface area contributed by atoms with Gasteiger partial charge in [0.25, 0.3) is 0 Å². The zero-order valence-corrected chi connectivity index (χ0v) is 7.24. The Morgan fingerprint density at radius 3 is 2.67 bits per heavy atom. The van der Waals surface area contributed by atoms with Crippen LogP contribution in [-0.2, 0) is 6.42 Å². The third-order valence-corrected chi connectivity index (χ3v) is 1.66. The van der Waals surface area contributed by atoms with E-state index in [1.807, 2.05) is 12.1 Å². The lowest BCUT2D eigenvalue weighted by Crippen LogP contribution is -2.08. The molecule has 0 aliphatic rings. The summed E-state index contributed by atoms with van der Waals surface area (Å²) in [4.78, 5) is 0. The first kappa shape index (κ1) is 9.01. The minimum atomic E-state index is 0.771. The predicted octanol–water partition coefficient (Wildman–Crippen LogP) is 2.02. The Morgan fingerprint density at radius 2 is 2.00 bits per heavy atom. The Morgan fingerprint density at radius 1 is 1.25 bits per heavy atom. The van der Waals surface area contributed by atoms with Crippen LogP contribution in [0, 0.1) is 0 Å². The highest BCUT2D eigenvalue weighted by molar-refractivity contribution is 5.14. The summed E-state index contributed by atoms with van der Waals surface area (Å²) in [5.41, 5.74) is 1.35. The molecule has 1 aromatic carbocycles. The fraction of sp³-hybridized carbons (Fsp3) is 0.273. The van der Waals surface area contributed by atoms with E-state index in [0.29, 0.717) is 0 Å². The molecule has 1 rings (SSSR count). The van der Waals surface area contributed by atoms with Crippen molar-refractivity contribution >= 4 is 0 Å². The van der Waals surface area contributed by atoms with Crippen LogP contribution in [0.2, 0.25) is 0 Å². The van der Waals surface area contributed by atoms with Gasteiger partial charge >= 0.3 is 0 Å². The molecule has 0 spiro atoms. The highest BCUT2D eigenvalue weighted by atomic mass is 14.8. The molecular formula is C11H14N. The molecule has 0 fully saturated rings. The molecule has 0 saturated carbocycles. The molecule has 0 amide bonds. The molecule has 1 aromatic rings. The van der Waals surface area contributed by atoms with Crippen molar-refractivity contribution in [2.75, 3.05) is 13.1 Å². The Balaban J connectivity index is 2.20. The van der Waals surface area contributed by atoms with Crippen LogP contribution in [0.1, 0.15) is 5.56 Å². The van der Waals surface area contributed by atoms with Gasteiger partial charge in [-0.15, -0.1) is 6.58 Å². The molecular weight excluding hydrogens is 146 g/mol. The van der Waals surface area contributed by atoms with Gasteiger partial charge in [0.2, 0.25) is 0 Å². The third-order valence-electron chi connectivity index (χ3n) is 1.66. The second-order valence-corrected chi connectivity index (χ2v) is 2.65. The summed E-state index contributed by atoms with van der Waals surface area (Å²) in [5.74, 6) is 0. The van der Waals surface area contributed by atoms with E-state index in [9.17, 15) is 0 Å². The Labute approximate surface area is 74.1 Å². The van der Waals surface area contributed by atoms with Gasteiger partial charge in [-0.25, -0.2) is 5.32 Å². The normalized spacial score (nSPS) is 9.67. The highest BCUT2D eigenvalue weighted by Crippen LogP contribution is 1.97. The molecule has 1 radical (unpaired) electrons. The van der Waals surface area contributed by atoms with E-state index >= 15 is 0 Å². The molecule has 12 heavy (non-hydrogen) atoms. The average molecular weight is 160 g/mol. The van der Waals surface area contributed by atoms with Gasteiger partial charge in [0.05, 0.1) is 0 Å². The van der Waals surface area contributed by atoms with Crippen molar-refractivity contribution in [1.29, 1.82) is 0 Å². The van der Waals surface area contributed by atoms with Crippen LogP contribution in [-0.4, -0.2) is 13.1 Å². The number of rotatable bonds is 5. The van der Waals surface area contributed by atoms with Crippen molar-refractivity contribution in [3.63, 3.8) is 0 Å². The van der Waals surface area contributed by atoms with Gasteiger partial charge in [-0.3, -0.25) is 0 Å². The maximum Gasteiger partial charge on any atom is 0.0311 e. The van der Waals surface area contributed by atoms with Gasteiger partial charge in [-0.1, -0.05) is 36.4 Å². The highest BCUT2D eigenvalue weighted by Gasteiger charge is 1.89. The summed E-state index contributed by atoms with van der Waals surface area (Å²) in [6, 6.07) is 10.4. The first-order valence-electron chi connectivity index (χ1n) is 4.21. The van der Waals surface area contributed by atoms with E-state index in [0.717, 1.165) is 19.5 Å². The van der Waals surface area contributed by atoms with E-state index in [1.165, 1.54) is 5.56 Å². The first-order chi connectivity index (χ1) is 5.93. The Kier molecular flexibility index (Phi) is 4.17. The van der Waals surface area contributed by atoms with Crippen molar-refractivity contribution in [3.05, 3.63) is 48.6 Å². The van der Waals surface area contributed by atoms with Crippen LogP contribution in [0.25, 0.3) is 0 Å². The molecule has 0 saturated heterocycles. The predicted molar refractivity (Wildman–Crippen MR) is 52.2 cm³/mol. The lowest BCUT2D eigenvalue weighted by molar-refractivity contribution is 0.730. The number of benzene rings is 1. The van der Waals surface area contributed by atoms with Crippen LogP contribution >= 0.6 is 0 Å². The van der Waals surface area contributed by atoms with Crippen LogP contribution in [0.5, 0.6) is 0 Å². The maximum atomic E-state index is 4.27. The molecule has 0 atom stereocenters. The minimum absolute atomic E-state index is 0.771. The van der Waals surface area contributed by atoms with Crippen molar-refractivity contribution in [3.8, 4) is 0 Å². The average Bonchev–Trinajstić information content (AvgIpc) is 2.14. The lowest BCUT2D eigenvalue weighted by Gasteiger charge is -1.99. The van der Waals surface area contributed by atoms with Gasteiger partial charge in [-0.2, -0.15) is 0 Å². The summed E-state index contributed by atoms with van der Waals surface area (Å²) in [6.45, 7) is 5.28. The molecule has 0 heterocycles. The van der Waals surface area contributed by atoms with E-state index in [4.69, 9.17) is 0 Å². The molecule has 1 nitrogen and oxygen atoms in total. The van der Waals surface area contributed by atoms with E-state index in [-0.39, 0.29) is 0 Å². The van der Waals surface area contributed by atoms with Gasteiger partial charge in [0, 0.05) is 13.1 Å². The quantitative estimate of drug-likeness (QED) is 0.462. The lowest BCUT2D eigenvalue weighted by atomic mass is 10.1. The van der Waals surface area contributed by atoms with Gasteiger partial charge in [0.15, 0.2) is 0 Å². The molecule has 0 aliphatic carbocycles.